The van der Waals surface area contributed by atoms with E-state index in [9.17, 15) is 9.18 Å². The van der Waals surface area contributed by atoms with Crippen LogP contribution >= 0.6 is 0 Å². The highest BCUT2D eigenvalue weighted by Gasteiger charge is 2.22. The fourth-order valence-corrected chi connectivity index (χ4v) is 3.75. The molecular formula is C22H22FN3O. The zero-order valence-corrected chi connectivity index (χ0v) is 15.9. The Hall–Kier alpha value is -3.08. The van der Waals surface area contributed by atoms with E-state index in [4.69, 9.17) is 0 Å². The van der Waals surface area contributed by atoms with Gasteiger partial charge in [0.2, 0.25) is 0 Å². The second-order valence-corrected chi connectivity index (χ2v) is 7.24. The minimum Gasteiger partial charge on any atom is -0.342 e. The molecule has 2 heterocycles. The molecule has 4 aromatic rings. The molecule has 4 nitrogen and oxygen atoms in total. The van der Waals surface area contributed by atoms with E-state index in [2.05, 4.69) is 22.0 Å². The average Bonchev–Trinajstić information content (AvgIpc) is 3.15. The molecule has 1 N–H and O–H groups in total. The highest BCUT2D eigenvalue weighted by molar-refractivity contribution is 6.12. The molecule has 0 radical (unpaired) electrons. The van der Waals surface area contributed by atoms with E-state index < -0.39 is 5.82 Å². The Balaban J connectivity index is 1.87. The van der Waals surface area contributed by atoms with Gasteiger partial charge in [-0.15, -0.1) is 0 Å². The molecule has 1 amide bonds. The standard InChI is InChI=1S/C22H22FN3O/c1-13(2)26-20(22(27)24-17-10-9-14(3)11-16(17)23)12-19-21(26)15-7-5-6-8-18(15)25(19)4/h5-13H,1-4H3,(H,24,27). The number of hydrogen-bond donors (Lipinski definition) is 1. The van der Waals surface area contributed by atoms with Gasteiger partial charge in [0.1, 0.15) is 11.5 Å². The maximum atomic E-state index is 14.2. The second kappa shape index (κ2) is 6.27. The van der Waals surface area contributed by atoms with E-state index in [-0.39, 0.29) is 17.6 Å². The minimum absolute atomic E-state index is 0.0805. The van der Waals surface area contributed by atoms with Crippen LogP contribution in [-0.2, 0) is 7.05 Å². The molecule has 2 aromatic carbocycles. The van der Waals surface area contributed by atoms with Crippen molar-refractivity contribution in [2.45, 2.75) is 26.8 Å². The summed E-state index contributed by atoms with van der Waals surface area (Å²) in [6, 6.07) is 14.9. The molecule has 5 heteroatoms. The van der Waals surface area contributed by atoms with Crippen LogP contribution < -0.4 is 5.32 Å². The van der Waals surface area contributed by atoms with E-state index in [1.54, 1.807) is 12.1 Å². The Labute approximate surface area is 157 Å². The third kappa shape index (κ3) is 2.70. The number of aryl methyl sites for hydroxylation is 2. The van der Waals surface area contributed by atoms with Gasteiger partial charge in [-0.3, -0.25) is 4.79 Å². The summed E-state index contributed by atoms with van der Waals surface area (Å²) in [6.07, 6.45) is 0. The number of aromatic nitrogens is 2. The third-order valence-electron chi connectivity index (χ3n) is 5.02. The summed E-state index contributed by atoms with van der Waals surface area (Å²) < 4.78 is 18.3. The van der Waals surface area contributed by atoms with Crippen molar-refractivity contribution in [3.05, 3.63) is 65.6 Å². The van der Waals surface area contributed by atoms with Crippen LogP contribution in [0.5, 0.6) is 0 Å². The molecule has 0 unspecified atom stereocenters. The molecule has 0 aliphatic carbocycles. The van der Waals surface area contributed by atoms with Crippen LogP contribution in [-0.4, -0.2) is 15.0 Å². The van der Waals surface area contributed by atoms with Crippen molar-refractivity contribution in [1.82, 2.24) is 9.13 Å². The number of nitrogens with zero attached hydrogens (tertiary/aromatic N) is 2. The second-order valence-electron chi connectivity index (χ2n) is 7.24. The van der Waals surface area contributed by atoms with Gasteiger partial charge < -0.3 is 14.5 Å². The average molecular weight is 363 g/mol. The van der Waals surface area contributed by atoms with Crippen LogP contribution in [0.15, 0.2) is 48.5 Å². The number of benzene rings is 2. The zero-order valence-electron chi connectivity index (χ0n) is 15.9. The van der Waals surface area contributed by atoms with Crippen LogP contribution in [0.4, 0.5) is 10.1 Å². The first-order valence-corrected chi connectivity index (χ1v) is 9.04. The summed E-state index contributed by atoms with van der Waals surface area (Å²) >= 11 is 0. The summed E-state index contributed by atoms with van der Waals surface area (Å²) in [4.78, 5) is 13.0. The number of fused-ring (bicyclic) bond motifs is 3. The first-order chi connectivity index (χ1) is 12.9. The van der Waals surface area contributed by atoms with Gasteiger partial charge in [-0.1, -0.05) is 24.3 Å². The zero-order chi connectivity index (χ0) is 19.3. The number of hydrogen-bond acceptors (Lipinski definition) is 1. The van der Waals surface area contributed by atoms with Crippen LogP contribution in [0.25, 0.3) is 21.9 Å². The van der Waals surface area contributed by atoms with Gasteiger partial charge >= 0.3 is 0 Å². The number of para-hydroxylation sites is 1. The van der Waals surface area contributed by atoms with Crippen molar-refractivity contribution in [2.24, 2.45) is 7.05 Å². The van der Waals surface area contributed by atoms with Crippen LogP contribution in [0, 0.1) is 12.7 Å². The Bertz CT molecular complexity index is 1180. The number of nitrogens with one attached hydrogen (secondary N) is 1. The van der Waals surface area contributed by atoms with Gasteiger partial charge in [-0.25, -0.2) is 4.39 Å². The van der Waals surface area contributed by atoms with Crippen LogP contribution in [0.1, 0.15) is 35.9 Å². The molecule has 0 saturated carbocycles. The minimum atomic E-state index is -0.430. The van der Waals surface area contributed by atoms with Crippen molar-refractivity contribution < 1.29 is 9.18 Å². The number of carbonyl (C=O) groups excluding carboxylic acids is 1. The third-order valence-corrected chi connectivity index (χ3v) is 5.02. The fraction of sp³-hybridized carbons (Fsp3) is 0.227. The molecule has 0 bridgehead atoms. The Kier molecular flexibility index (Phi) is 4.02. The molecule has 2 aromatic heterocycles. The first kappa shape index (κ1) is 17.3. The first-order valence-electron chi connectivity index (χ1n) is 9.04. The van der Waals surface area contributed by atoms with E-state index >= 15 is 0 Å². The number of anilines is 1. The normalized spacial score (nSPS) is 11.6. The molecule has 0 spiro atoms. The summed E-state index contributed by atoms with van der Waals surface area (Å²) in [5.74, 6) is -0.743. The number of rotatable bonds is 3. The quantitative estimate of drug-likeness (QED) is 0.519. The largest absolute Gasteiger partial charge is 0.342 e. The lowest BCUT2D eigenvalue weighted by atomic mass is 10.2. The molecule has 0 atom stereocenters. The number of amides is 1. The molecule has 0 saturated heterocycles. The Morgan fingerprint density at radius 3 is 2.52 bits per heavy atom. The fourth-order valence-electron chi connectivity index (χ4n) is 3.75. The van der Waals surface area contributed by atoms with Crippen LogP contribution in [0.2, 0.25) is 0 Å². The van der Waals surface area contributed by atoms with Gasteiger partial charge in [0.25, 0.3) is 5.91 Å². The SMILES string of the molecule is Cc1ccc(NC(=O)c2cc3c(c4ccccc4n3C)n2C(C)C)c(F)c1. The molecule has 0 aliphatic rings. The van der Waals surface area contributed by atoms with E-state index in [1.165, 1.54) is 6.07 Å². The predicted octanol–water partition coefficient (Wildman–Crippen LogP) is 5.41. The highest BCUT2D eigenvalue weighted by Crippen LogP contribution is 2.33. The number of carbonyl (C=O) groups is 1. The predicted molar refractivity (Wildman–Crippen MR) is 108 cm³/mol. The lowest BCUT2D eigenvalue weighted by Gasteiger charge is -2.15. The lowest BCUT2D eigenvalue weighted by molar-refractivity contribution is 0.101. The topological polar surface area (TPSA) is 39.0 Å². The van der Waals surface area contributed by atoms with Gasteiger partial charge in [0.05, 0.1) is 22.2 Å². The Morgan fingerprint density at radius 2 is 1.81 bits per heavy atom. The van der Waals surface area contributed by atoms with Gasteiger partial charge in [-0.05, 0) is 50.6 Å². The molecule has 27 heavy (non-hydrogen) atoms. The smallest absolute Gasteiger partial charge is 0.272 e. The van der Waals surface area contributed by atoms with E-state index in [1.807, 2.05) is 50.6 Å². The monoisotopic (exact) mass is 363 g/mol. The van der Waals surface area contributed by atoms with Crippen molar-refractivity contribution in [3.63, 3.8) is 0 Å². The number of halogens is 1. The summed E-state index contributed by atoms with van der Waals surface area (Å²) in [6.45, 7) is 5.91. The highest BCUT2D eigenvalue weighted by atomic mass is 19.1. The summed E-state index contributed by atoms with van der Waals surface area (Å²) in [5.41, 5.74) is 4.66. The maximum absolute atomic E-state index is 14.2. The van der Waals surface area contributed by atoms with Gasteiger partial charge in [0, 0.05) is 18.5 Å². The molecule has 0 aliphatic heterocycles. The van der Waals surface area contributed by atoms with E-state index in [0.29, 0.717) is 5.69 Å². The van der Waals surface area contributed by atoms with Crippen molar-refractivity contribution in [3.8, 4) is 0 Å². The van der Waals surface area contributed by atoms with Crippen LogP contribution in [0.3, 0.4) is 0 Å². The summed E-state index contributed by atoms with van der Waals surface area (Å²) in [5, 5.41) is 3.82. The van der Waals surface area contributed by atoms with Crippen molar-refractivity contribution >= 4 is 33.5 Å². The van der Waals surface area contributed by atoms with Gasteiger partial charge in [-0.2, -0.15) is 0 Å². The molecule has 4 rings (SSSR count). The van der Waals surface area contributed by atoms with Crippen molar-refractivity contribution in [1.29, 1.82) is 0 Å². The molecule has 138 valence electrons. The Morgan fingerprint density at radius 1 is 1.07 bits per heavy atom. The maximum Gasteiger partial charge on any atom is 0.272 e. The van der Waals surface area contributed by atoms with Gasteiger partial charge in [0.15, 0.2) is 0 Å². The molecule has 0 fully saturated rings. The van der Waals surface area contributed by atoms with Crippen molar-refractivity contribution in [2.75, 3.05) is 5.32 Å². The van der Waals surface area contributed by atoms with E-state index in [0.717, 1.165) is 27.5 Å². The summed E-state index contributed by atoms with van der Waals surface area (Å²) in [7, 11) is 2.00. The molecular weight excluding hydrogens is 341 g/mol. The lowest BCUT2D eigenvalue weighted by Crippen LogP contribution is -2.18.